The smallest absolute Gasteiger partial charge is 0.316 e. The third kappa shape index (κ3) is 4.34. The lowest BCUT2D eigenvalue weighted by molar-refractivity contribution is -0.136. The molecule has 0 aliphatic carbocycles. The van der Waals surface area contributed by atoms with Crippen molar-refractivity contribution in [1.82, 2.24) is 0 Å². The van der Waals surface area contributed by atoms with E-state index in [-0.39, 0.29) is 4.90 Å². The zero-order valence-corrected chi connectivity index (χ0v) is 10.3. The van der Waals surface area contributed by atoms with Crippen molar-refractivity contribution in [3.05, 3.63) is 29.8 Å². The number of halogens is 2. The Labute approximate surface area is 103 Å². The Morgan fingerprint density at radius 1 is 1.47 bits per heavy atom. The highest BCUT2D eigenvalue weighted by Gasteiger charge is 2.20. The Morgan fingerprint density at radius 3 is 2.71 bits per heavy atom. The molecule has 0 saturated carbocycles. The van der Waals surface area contributed by atoms with Crippen LogP contribution in [0.3, 0.4) is 0 Å². The summed E-state index contributed by atoms with van der Waals surface area (Å²) in [5, 5.41) is 8.30. The second kappa shape index (κ2) is 6.59. The maximum Gasteiger partial charge on any atom is 0.316 e. The fourth-order valence-corrected chi connectivity index (χ4v) is 2.36. The van der Waals surface area contributed by atoms with Crippen LogP contribution in [0.15, 0.2) is 23.1 Å². The summed E-state index contributed by atoms with van der Waals surface area (Å²) < 4.78 is 26.0. The van der Waals surface area contributed by atoms with E-state index in [0.29, 0.717) is 6.42 Å². The van der Waals surface area contributed by atoms with Crippen molar-refractivity contribution >= 4 is 17.7 Å². The van der Waals surface area contributed by atoms with Crippen LogP contribution in [0.4, 0.5) is 8.78 Å². The van der Waals surface area contributed by atoms with Crippen LogP contribution in [0.1, 0.15) is 26.2 Å². The number of unbranched alkanes of at least 4 members (excludes halogenated alkanes) is 1. The van der Waals surface area contributed by atoms with Gasteiger partial charge in [0, 0.05) is 11.0 Å². The van der Waals surface area contributed by atoms with Gasteiger partial charge in [0.05, 0.1) is 0 Å². The summed E-state index contributed by atoms with van der Waals surface area (Å²) in [7, 11) is 0. The molecule has 0 aliphatic heterocycles. The van der Waals surface area contributed by atoms with Crippen LogP contribution in [0.2, 0.25) is 0 Å². The largest absolute Gasteiger partial charge is 0.480 e. The van der Waals surface area contributed by atoms with Crippen molar-refractivity contribution in [3.63, 3.8) is 0 Å². The van der Waals surface area contributed by atoms with E-state index in [0.717, 1.165) is 36.7 Å². The SMILES string of the molecule is CCCCC(Sc1ccc(F)cc1F)C(=O)O. The first-order valence-electron chi connectivity index (χ1n) is 5.39. The second-order valence-electron chi connectivity index (χ2n) is 3.66. The zero-order valence-electron chi connectivity index (χ0n) is 9.45. The molecule has 1 aromatic carbocycles. The number of rotatable bonds is 6. The molecule has 94 valence electrons. The van der Waals surface area contributed by atoms with Crippen molar-refractivity contribution in [2.45, 2.75) is 36.3 Å². The highest BCUT2D eigenvalue weighted by atomic mass is 32.2. The lowest BCUT2D eigenvalue weighted by atomic mass is 10.2. The molecule has 1 aromatic rings. The zero-order chi connectivity index (χ0) is 12.8. The highest BCUT2D eigenvalue weighted by molar-refractivity contribution is 8.00. The maximum atomic E-state index is 13.3. The number of hydrogen-bond acceptors (Lipinski definition) is 2. The molecule has 0 bridgehead atoms. The van der Waals surface area contributed by atoms with Crippen LogP contribution in [0, 0.1) is 11.6 Å². The monoisotopic (exact) mass is 260 g/mol. The first-order valence-corrected chi connectivity index (χ1v) is 6.27. The molecule has 1 atom stereocenters. The molecule has 5 heteroatoms. The molecule has 0 fully saturated rings. The summed E-state index contributed by atoms with van der Waals surface area (Å²) >= 11 is 0.931. The molecule has 0 saturated heterocycles. The standard InChI is InChI=1S/C12H14F2O2S/c1-2-3-4-11(12(15)16)17-10-6-5-8(13)7-9(10)14/h5-7,11H,2-4H2,1H3,(H,15,16). The normalized spacial score (nSPS) is 12.4. The topological polar surface area (TPSA) is 37.3 Å². The van der Waals surface area contributed by atoms with Crippen molar-refractivity contribution in [2.24, 2.45) is 0 Å². The van der Waals surface area contributed by atoms with Crippen LogP contribution in [-0.4, -0.2) is 16.3 Å². The van der Waals surface area contributed by atoms with Crippen LogP contribution >= 0.6 is 11.8 Å². The molecule has 1 unspecified atom stereocenters. The van der Waals surface area contributed by atoms with E-state index in [1.165, 1.54) is 6.07 Å². The Kier molecular flexibility index (Phi) is 5.41. The minimum absolute atomic E-state index is 0.176. The number of carboxylic acids is 1. The van der Waals surface area contributed by atoms with Gasteiger partial charge in [0.2, 0.25) is 0 Å². The van der Waals surface area contributed by atoms with Gasteiger partial charge >= 0.3 is 5.97 Å². The van der Waals surface area contributed by atoms with Crippen molar-refractivity contribution in [2.75, 3.05) is 0 Å². The molecular formula is C12H14F2O2S. The molecule has 2 nitrogen and oxygen atoms in total. The van der Waals surface area contributed by atoms with Gasteiger partial charge < -0.3 is 5.11 Å². The molecule has 0 spiro atoms. The van der Waals surface area contributed by atoms with Gasteiger partial charge in [0.15, 0.2) is 0 Å². The summed E-state index contributed by atoms with van der Waals surface area (Å²) in [6.45, 7) is 1.96. The van der Waals surface area contributed by atoms with Crippen LogP contribution in [0.25, 0.3) is 0 Å². The fraction of sp³-hybridized carbons (Fsp3) is 0.417. The number of carboxylic acid groups (broad SMARTS) is 1. The van der Waals surface area contributed by atoms with E-state index in [1.807, 2.05) is 6.92 Å². The quantitative estimate of drug-likeness (QED) is 0.792. The van der Waals surface area contributed by atoms with Gasteiger partial charge in [-0.15, -0.1) is 11.8 Å². The van der Waals surface area contributed by atoms with Gasteiger partial charge in [-0.3, -0.25) is 4.79 Å². The average molecular weight is 260 g/mol. The predicted octanol–water partition coefficient (Wildman–Crippen LogP) is 3.70. The third-order valence-corrected chi connectivity index (χ3v) is 3.57. The van der Waals surface area contributed by atoms with E-state index in [1.54, 1.807) is 0 Å². The molecule has 17 heavy (non-hydrogen) atoms. The summed E-state index contributed by atoms with van der Waals surface area (Å²) in [6, 6.07) is 3.17. The number of aliphatic carboxylic acids is 1. The van der Waals surface area contributed by atoms with Gasteiger partial charge in [-0.05, 0) is 18.6 Å². The molecule has 1 rings (SSSR count). The second-order valence-corrected chi connectivity index (χ2v) is 4.91. The van der Waals surface area contributed by atoms with Crippen molar-refractivity contribution in [3.8, 4) is 0 Å². The molecule has 0 heterocycles. The predicted molar refractivity (Wildman–Crippen MR) is 63.2 cm³/mol. The van der Waals surface area contributed by atoms with E-state index in [9.17, 15) is 13.6 Å². The number of hydrogen-bond donors (Lipinski definition) is 1. The first-order chi connectivity index (χ1) is 8.04. The van der Waals surface area contributed by atoms with Gasteiger partial charge in [-0.25, -0.2) is 8.78 Å². The fourth-order valence-electron chi connectivity index (χ4n) is 1.35. The lowest BCUT2D eigenvalue weighted by Gasteiger charge is -2.11. The minimum Gasteiger partial charge on any atom is -0.480 e. The van der Waals surface area contributed by atoms with Gasteiger partial charge in [-0.2, -0.15) is 0 Å². The van der Waals surface area contributed by atoms with Crippen LogP contribution in [-0.2, 0) is 4.79 Å². The summed E-state index contributed by atoms with van der Waals surface area (Å²) in [5.41, 5.74) is 0. The molecule has 0 aliphatic rings. The van der Waals surface area contributed by atoms with E-state index in [4.69, 9.17) is 5.11 Å². The van der Waals surface area contributed by atoms with Gasteiger partial charge in [0.1, 0.15) is 16.9 Å². The molecule has 0 aromatic heterocycles. The highest BCUT2D eigenvalue weighted by Crippen LogP contribution is 2.29. The van der Waals surface area contributed by atoms with Crippen molar-refractivity contribution in [1.29, 1.82) is 0 Å². The number of benzene rings is 1. The van der Waals surface area contributed by atoms with Gasteiger partial charge in [-0.1, -0.05) is 19.8 Å². The Morgan fingerprint density at radius 2 is 2.18 bits per heavy atom. The number of thioether (sulfide) groups is 1. The first kappa shape index (κ1) is 14.0. The van der Waals surface area contributed by atoms with Crippen LogP contribution in [0.5, 0.6) is 0 Å². The van der Waals surface area contributed by atoms with Crippen LogP contribution < -0.4 is 0 Å². The van der Waals surface area contributed by atoms with Crippen molar-refractivity contribution < 1.29 is 18.7 Å². The summed E-state index contributed by atoms with van der Waals surface area (Å²) in [4.78, 5) is 11.1. The lowest BCUT2D eigenvalue weighted by Crippen LogP contribution is -2.16. The maximum absolute atomic E-state index is 13.3. The van der Waals surface area contributed by atoms with E-state index < -0.39 is 22.9 Å². The Hall–Kier alpha value is -1.10. The summed E-state index contributed by atoms with van der Waals surface area (Å²) in [6.07, 6.45) is 2.14. The van der Waals surface area contributed by atoms with Gasteiger partial charge in [0.25, 0.3) is 0 Å². The Balaban J connectivity index is 2.75. The van der Waals surface area contributed by atoms with E-state index in [2.05, 4.69) is 0 Å². The molecular weight excluding hydrogens is 246 g/mol. The molecule has 0 radical (unpaired) electrons. The van der Waals surface area contributed by atoms with E-state index >= 15 is 0 Å². The average Bonchev–Trinajstić information content (AvgIpc) is 2.26. The Bertz CT molecular complexity index is 396. The molecule has 0 amide bonds. The molecule has 1 N–H and O–H groups in total. The third-order valence-electron chi connectivity index (χ3n) is 2.26. The minimum atomic E-state index is -0.966. The number of carbonyl (C=O) groups is 1. The summed E-state index contributed by atoms with van der Waals surface area (Å²) in [5.74, 6) is -2.34.